The molecule has 0 aliphatic carbocycles. The second kappa shape index (κ2) is 7.24. The lowest BCUT2D eigenvalue weighted by Crippen LogP contribution is -2.30. The quantitative estimate of drug-likeness (QED) is 0.860. The van der Waals surface area contributed by atoms with Crippen LogP contribution in [0.4, 0.5) is 10.1 Å². The van der Waals surface area contributed by atoms with Crippen LogP contribution in [0.25, 0.3) is 0 Å². The first kappa shape index (κ1) is 17.0. The van der Waals surface area contributed by atoms with Gasteiger partial charge in [-0.25, -0.2) is 9.18 Å². The van der Waals surface area contributed by atoms with E-state index in [2.05, 4.69) is 5.32 Å². The van der Waals surface area contributed by atoms with Gasteiger partial charge in [-0.2, -0.15) is 0 Å². The molecular weight excluding hydrogens is 321 g/mol. The predicted molar refractivity (Wildman–Crippen MR) is 86.1 cm³/mol. The van der Waals surface area contributed by atoms with Gasteiger partial charge in [0.15, 0.2) is 6.10 Å². The highest BCUT2D eigenvalue weighted by Gasteiger charge is 2.23. The van der Waals surface area contributed by atoms with Crippen molar-refractivity contribution >= 4 is 29.2 Å². The van der Waals surface area contributed by atoms with E-state index < -0.39 is 23.8 Å². The molecule has 0 aliphatic rings. The first-order valence-corrected chi connectivity index (χ1v) is 7.29. The van der Waals surface area contributed by atoms with Crippen LogP contribution in [-0.4, -0.2) is 18.0 Å². The Morgan fingerprint density at radius 2 is 1.87 bits per heavy atom. The van der Waals surface area contributed by atoms with Crippen molar-refractivity contribution in [3.05, 3.63) is 64.4 Å². The molecule has 120 valence electrons. The molecule has 0 radical (unpaired) electrons. The third kappa shape index (κ3) is 4.07. The second-order valence-electron chi connectivity index (χ2n) is 4.95. The standard InChI is InChI=1S/C17H15ClFNO3/c1-10-6-3-4-9-14(10)20-16(21)11(2)23-17(22)15-12(18)7-5-8-13(15)19/h3-9,11H,1-2H3,(H,20,21). The number of nitrogens with one attached hydrogen (secondary N) is 1. The zero-order chi connectivity index (χ0) is 17.0. The third-order valence-corrected chi connectivity index (χ3v) is 3.54. The molecule has 1 unspecified atom stereocenters. The van der Waals surface area contributed by atoms with Crippen LogP contribution in [0.2, 0.25) is 5.02 Å². The highest BCUT2D eigenvalue weighted by molar-refractivity contribution is 6.33. The van der Waals surface area contributed by atoms with E-state index in [1.807, 2.05) is 19.1 Å². The van der Waals surface area contributed by atoms with Crippen LogP contribution in [0.15, 0.2) is 42.5 Å². The Morgan fingerprint density at radius 1 is 1.17 bits per heavy atom. The summed E-state index contributed by atoms with van der Waals surface area (Å²) in [6.07, 6.45) is -1.10. The summed E-state index contributed by atoms with van der Waals surface area (Å²) < 4.78 is 18.7. The van der Waals surface area contributed by atoms with Gasteiger partial charge in [-0.3, -0.25) is 4.79 Å². The summed E-state index contributed by atoms with van der Waals surface area (Å²) in [4.78, 5) is 24.1. The molecule has 0 heterocycles. The van der Waals surface area contributed by atoms with E-state index in [-0.39, 0.29) is 10.6 Å². The monoisotopic (exact) mass is 335 g/mol. The van der Waals surface area contributed by atoms with Crippen molar-refractivity contribution in [3.8, 4) is 0 Å². The molecule has 0 saturated heterocycles. The van der Waals surface area contributed by atoms with Crippen molar-refractivity contribution in [3.63, 3.8) is 0 Å². The topological polar surface area (TPSA) is 55.4 Å². The lowest BCUT2D eigenvalue weighted by Gasteiger charge is -2.15. The highest BCUT2D eigenvalue weighted by atomic mass is 35.5. The number of rotatable bonds is 4. The number of hydrogen-bond acceptors (Lipinski definition) is 3. The predicted octanol–water partition coefficient (Wildman–Crippen LogP) is 3.97. The van der Waals surface area contributed by atoms with Gasteiger partial charge in [0.1, 0.15) is 11.4 Å². The van der Waals surface area contributed by atoms with E-state index in [0.717, 1.165) is 11.6 Å². The fourth-order valence-electron chi connectivity index (χ4n) is 1.91. The molecule has 0 aliphatic heterocycles. The Balaban J connectivity index is 2.06. The Morgan fingerprint density at radius 3 is 2.52 bits per heavy atom. The minimum Gasteiger partial charge on any atom is -0.449 e. The molecule has 0 saturated carbocycles. The van der Waals surface area contributed by atoms with Crippen molar-refractivity contribution in [1.29, 1.82) is 0 Å². The van der Waals surface area contributed by atoms with Gasteiger partial charge in [-0.1, -0.05) is 35.9 Å². The lowest BCUT2D eigenvalue weighted by molar-refractivity contribution is -0.123. The van der Waals surface area contributed by atoms with Crippen LogP contribution in [-0.2, 0) is 9.53 Å². The minimum absolute atomic E-state index is 0.0680. The lowest BCUT2D eigenvalue weighted by atomic mass is 10.2. The van der Waals surface area contributed by atoms with E-state index in [1.54, 1.807) is 12.1 Å². The van der Waals surface area contributed by atoms with E-state index in [1.165, 1.54) is 19.1 Å². The van der Waals surface area contributed by atoms with Crippen LogP contribution in [0, 0.1) is 12.7 Å². The van der Waals surface area contributed by atoms with Crippen molar-refractivity contribution in [2.75, 3.05) is 5.32 Å². The molecule has 0 aromatic heterocycles. The van der Waals surface area contributed by atoms with Gasteiger partial charge < -0.3 is 10.1 Å². The highest BCUT2D eigenvalue weighted by Crippen LogP contribution is 2.21. The summed E-state index contributed by atoms with van der Waals surface area (Å²) in [5, 5.41) is 2.59. The maximum atomic E-state index is 13.7. The van der Waals surface area contributed by atoms with Gasteiger partial charge in [0.05, 0.1) is 5.02 Å². The maximum Gasteiger partial charge on any atom is 0.343 e. The van der Waals surface area contributed by atoms with Crippen LogP contribution >= 0.6 is 11.6 Å². The number of carbonyl (C=O) groups excluding carboxylic acids is 2. The molecule has 1 amide bonds. The number of esters is 1. The number of halogens is 2. The van der Waals surface area contributed by atoms with Crippen LogP contribution in [0.5, 0.6) is 0 Å². The molecule has 0 fully saturated rings. The third-order valence-electron chi connectivity index (χ3n) is 3.22. The second-order valence-corrected chi connectivity index (χ2v) is 5.36. The van der Waals surface area contributed by atoms with Crippen LogP contribution in [0.3, 0.4) is 0 Å². The first-order valence-electron chi connectivity index (χ1n) is 6.91. The van der Waals surface area contributed by atoms with Gasteiger partial charge in [-0.05, 0) is 37.6 Å². The Bertz CT molecular complexity index is 728. The number of hydrogen-bond donors (Lipinski definition) is 1. The van der Waals surface area contributed by atoms with Crippen LogP contribution < -0.4 is 5.32 Å². The fraction of sp³-hybridized carbons (Fsp3) is 0.176. The van der Waals surface area contributed by atoms with E-state index in [0.29, 0.717) is 5.69 Å². The SMILES string of the molecule is Cc1ccccc1NC(=O)C(C)OC(=O)c1c(F)cccc1Cl. The number of ether oxygens (including phenoxy) is 1. The summed E-state index contributed by atoms with van der Waals surface area (Å²) in [6, 6.07) is 11.0. The minimum atomic E-state index is -1.10. The number of carbonyl (C=O) groups is 2. The van der Waals surface area contributed by atoms with E-state index in [4.69, 9.17) is 16.3 Å². The van der Waals surface area contributed by atoms with Crippen LogP contribution in [0.1, 0.15) is 22.8 Å². The smallest absolute Gasteiger partial charge is 0.343 e. The van der Waals surface area contributed by atoms with Crippen molar-refractivity contribution in [2.45, 2.75) is 20.0 Å². The largest absolute Gasteiger partial charge is 0.449 e. The van der Waals surface area contributed by atoms with Gasteiger partial charge in [-0.15, -0.1) is 0 Å². The molecule has 2 aromatic carbocycles. The van der Waals surface area contributed by atoms with Gasteiger partial charge in [0.2, 0.25) is 0 Å². The maximum absolute atomic E-state index is 13.7. The van der Waals surface area contributed by atoms with Gasteiger partial charge in [0.25, 0.3) is 5.91 Å². The molecule has 2 aromatic rings. The molecule has 4 nitrogen and oxygen atoms in total. The zero-order valence-electron chi connectivity index (χ0n) is 12.6. The molecule has 1 atom stereocenters. The first-order chi connectivity index (χ1) is 10.9. The molecule has 2 rings (SSSR count). The summed E-state index contributed by atoms with van der Waals surface area (Å²) in [5.41, 5.74) is 1.10. The van der Waals surface area contributed by atoms with Crippen molar-refractivity contribution in [2.24, 2.45) is 0 Å². The molecule has 1 N–H and O–H groups in total. The Kier molecular flexibility index (Phi) is 5.34. The Labute approximate surface area is 138 Å². The van der Waals surface area contributed by atoms with Crippen molar-refractivity contribution < 1.29 is 18.7 Å². The van der Waals surface area contributed by atoms with Crippen molar-refractivity contribution in [1.82, 2.24) is 0 Å². The summed E-state index contributed by atoms with van der Waals surface area (Å²) in [5.74, 6) is -2.30. The summed E-state index contributed by atoms with van der Waals surface area (Å²) in [6.45, 7) is 3.24. The number of aryl methyl sites for hydroxylation is 1. The number of para-hydroxylation sites is 1. The number of anilines is 1. The average Bonchev–Trinajstić information content (AvgIpc) is 2.49. The van der Waals surface area contributed by atoms with E-state index >= 15 is 0 Å². The van der Waals surface area contributed by atoms with Gasteiger partial charge in [0, 0.05) is 5.69 Å². The molecular formula is C17H15ClFNO3. The summed E-state index contributed by atoms with van der Waals surface area (Å²) in [7, 11) is 0. The molecule has 6 heteroatoms. The fourth-order valence-corrected chi connectivity index (χ4v) is 2.15. The zero-order valence-corrected chi connectivity index (χ0v) is 13.4. The molecule has 0 spiro atoms. The van der Waals surface area contributed by atoms with E-state index in [9.17, 15) is 14.0 Å². The normalized spacial score (nSPS) is 11.7. The number of benzene rings is 2. The number of amides is 1. The van der Waals surface area contributed by atoms with Gasteiger partial charge >= 0.3 is 5.97 Å². The summed E-state index contributed by atoms with van der Waals surface area (Å²) >= 11 is 5.80. The molecule has 0 bridgehead atoms. The Hall–Kier alpha value is -2.40. The average molecular weight is 336 g/mol. The molecule has 23 heavy (non-hydrogen) atoms.